The minimum absolute atomic E-state index is 0.0606. The number of amides is 1. The number of morpholine rings is 1. The number of aryl methyl sites for hydroxylation is 1. The smallest absolute Gasteiger partial charge is 0.274 e. The molecule has 1 aromatic heterocycles. The number of nitrogens with one attached hydrogen (secondary N) is 1. The van der Waals surface area contributed by atoms with Gasteiger partial charge in [0.15, 0.2) is 5.69 Å². The molecule has 27 heavy (non-hydrogen) atoms. The summed E-state index contributed by atoms with van der Waals surface area (Å²) in [6.07, 6.45) is 2.92. The van der Waals surface area contributed by atoms with Crippen molar-refractivity contribution in [3.8, 4) is 0 Å². The molecule has 144 valence electrons. The zero-order chi connectivity index (χ0) is 18.6. The maximum Gasteiger partial charge on any atom is 0.274 e. The predicted molar refractivity (Wildman–Crippen MR) is 104 cm³/mol. The Hall–Kier alpha value is -2.18. The molecule has 2 heterocycles. The lowest BCUT2D eigenvalue weighted by Crippen LogP contribution is -2.41. The van der Waals surface area contributed by atoms with Gasteiger partial charge in [-0.15, -0.1) is 0 Å². The molecule has 4 rings (SSSR count). The lowest BCUT2D eigenvalue weighted by Gasteiger charge is -2.28. The summed E-state index contributed by atoms with van der Waals surface area (Å²) < 4.78 is 7.41. The summed E-state index contributed by atoms with van der Waals surface area (Å²) in [6, 6.07) is 10.8. The van der Waals surface area contributed by atoms with Gasteiger partial charge in [0, 0.05) is 43.5 Å². The van der Waals surface area contributed by atoms with Gasteiger partial charge < -0.3 is 15.0 Å². The van der Waals surface area contributed by atoms with Gasteiger partial charge in [0.2, 0.25) is 0 Å². The Labute approximate surface area is 160 Å². The van der Waals surface area contributed by atoms with Gasteiger partial charge in [-0.2, -0.15) is 5.10 Å². The van der Waals surface area contributed by atoms with E-state index in [1.54, 1.807) is 0 Å². The average Bonchev–Trinajstić information content (AvgIpc) is 3.11. The van der Waals surface area contributed by atoms with Gasteiger partial charge in [0.25, 0.3) is 5.91 Å². The van der Waals surface area contributed by atoms with E-state index in [1.165, 1.54) is 11.3 Å². The molecule has 1 unspecified atom stereocenters. The van der Waals surface area contributed by atoms with Crippen LogP contribution in [0.15, 0.2) is 30.3 Å². The summed E-state index contributed by atoms with van der Waals surface area (Å²) in [7, 11) is 0. The van der Waals surface area contributed by atoms with Crippen molar-refractivity contribution in [3.05, 3.63) is 52.8 Å². The summed E-state index contributed by atoms with van der Waals surface area (Å²) in [5.74, 6) is 0.0606. The molecule has 1 saturated heterocycles. The number of aromatic nitrogens is 2. The van der Waals surface area contributed by atoms with Crippen molar-refractivity contribution in [2.24, 2.45) is 0 Å². The zero-order valence-electron chi connectivity index (χ0n) is 16.0. The number of rotatable bonds is 5. The van der Waals surface area contributed by atoms with Crippen LogP contribution < -0.4 is 5.32 Å². The molecule has 0 bridgehead atoms. The topological polar surface area (TPSA) is 59.4 Å². The number of carbonyl (C=O) groups is 1. The first-order chi connectivity index (χ1) is 13.3. The molecule has 1 fully saturated rings. The third-order valence-corrected chi connectivity index (χ3v) is 5.58. The number of nitrogens with zero attached hydrogens (tertiary/aromatic N) is 3. The minimum Gasteiger partial charge on any atom is -0.378 e. The second-order valence-electron chi connectivity index (χ2n) is 7.30. The Balaban J connectivity index is 1.50. The van der Waals surface area contributed by atoms with Crippen LogP contribution in [0.5, 0.6) is 0 Å². The Morgan fingerprint density at radius 2 is 2.04 bits per heavy atom. The Bertz CT molecular complexity index is 781. The molecule has 6 heteroatoms. The van der Waals surface area contributed by atoms with Gasteiger partial charge in [0.05, 0.1) is 13.2 Å². The average molecular weight is 368 g/mol. The molecule has 2 aliphatic rings. The molecule has 1 amide bonds. The van der Waals surface area contributed by atoms with E-state index in [4.69, 9.17) is 9.84 Å². The largest absolute Gasteiger partial charge is 0.378 e. The van der Waals surface area contributed by atoms with Crippen LogP contribution in [0.1, 0.15) is 40.7 Å². The van der Waals surface area contributed by atoms with E-state index < -0.39 is 0 Å². The molecule has 0 saturated carbocycles. The Kier molecular flexibility index (Phi) is 5.55. The van der Waals surface area contributed by atoms with Crippen molar-refractivity contribution < 1.29 is 9.53 Å². The number of hydrogen-bond donors (Lipinski definition) is 1. The van der Waals surface area contributed by atoms with Crippen molar-refractivity contribution >= 4 is 5.91 Å². The first-order valence-corrected chi connectivity index (χ1v) is 9.99. The fraction of sp³-hybridized carbons (Fsp3) is 0.524. The minimum atomic E-state index is 0.0606. The highest BCUT2D eigenvalue weighted by Gasteiger charge is 2.31. The van der Waals surface area contributed by atoms with Crippen LogP contribution in [-0.2, 0) is 30.7 Å². The van der Waals surface area contributed by atoms with Crippen molar-refractivity contribution in [2.75, 3.05) is 26.3 Å². The SMILES string of the molecule is CCn1nc(C(=O)N2CCOCC2)c2c1CCC(NCc1ccccc1)C2. The molecule has 0 radical (unpaired) electrons. The number of hydrogen-bond acceptors (Lipinski definition) is 4. The molecule has 6 nitrogen and oxygen atoms in total. The number of fused-ring (bicyclic) bond motifs is 1. The summed E-state index contributed by atoms with van der Waals surface area (Å²) in [4.78, 5) is 14.9. The first kappa shape index (κ1) is 18.2. The molecule has 1 aliphatic carbocycles. The van der Waals surface area contributed by atoms with E-state index in [0.29, 0.717) is 38.0 Å². The van der Waals surface area contributed by atoms with Gasteiger partial charge in [-0.25, -0.2) is 0 Å². The zero-order valence-corrected chi connectivity index (χ0v) is 16.0. The summed E-state index contributed by atoms with van der Waals surface area (Å²) in [5, 5.41) is 8.36. The van der Waals surface area contributed by atoms with E-state index in [0.717, 1.165) is 37.9 Å². The van der Waals surface area contributed by atoms with Crippen LogP contribution in [0.3, 0.4) is 0 Å². The van der Waals surface area contributed by atoms with Gasteiger partial charge >= 0.3 is 0 Å². The van der Waals surface area contributed by atoms with Crippen LogP contribution in [0.4, 0.5) is 0 Å². The van der Waals surface area contributed by atoms with E-state index in [1.807, 2.05) is 15.6 Å². The lowest BCUT2D eigenvalue weighted by molar-refractivity contribution is 0.0297. The second-order valence-corrected chi connectivity index (χ2v) is 7.30. The predicted octanol–water partition coefficient (Wildman–Crippen LogP) is 2.02. The summed E-state index contributed by atoms with van der Waals surface area (Å²) >= 11 is 0. The molecule has 1 atom stereocenters. The second kappa shape index (κ2) is 8.23. The van der Waals surface area contributed by atoms with Crippen LogP contribution in [-0.4, -0.2) is 52.9 Å². The molecular formula is C21H28N4O2. The van der Waals surface area contributed by atoms with Crippen LogP contribution in [0, 0.1) is 0 Å². The van der Waals surface area contributed by atoms with Crippen molar-refractivity contribution in [3.63, 3.8) is 0 Å². The van der Waals surface area contributed by atoms with Crippen LogP contribution in [0.2, 0.25) is 0 Å². The van der Waals surface area contributed by atoms with E-state index in [2.05, 4.69) is 36.5 Å². The highest BCUT2D eigenvalue weighted by atomic mass is 16.5. The maximum atomic E-state index is 13.1. The van der Waals surface area contributed by atoms with Gasteiger partial charge in [-0.1, -0.05) is 30.3 Å². The quantitative estimate of drug-likeness (QED) is 0.877. The van der Waals surface area contributed by atoms with Crippen molar-refractivity contribution in [1.29, 1.82) is 0 Å². The van der Waals surface area contributed by atoms with Crippen molar-refractivity contribution in [2.45, 2.75) is 45.3 Å². The van der Waals surface area contributed by atoms with E-state index >= 15 is 0 Å². The normalized spacial score (nSPS) is 19.7. The van der Waals surface area contributed by atoms with Gasteiger partial charge in [0.1, 0.15) is 0 Å². The number of benzene rings is 1. The van der Waals surface area contributed by atoms with Crippen molar-refractivity contribution in [1.82, 2.24) is 20.0 Å². The Morgan fingerprint density at radius 3 is 2.78 bits per heavy atom. The summed E-state index contributed by atoms with van der Waals surface area (Å²) in [5.41, 5.74) is 4.33. The highest BCUT2D eigenvalue weighted by molar-refractivity contribution is 5.94. The first-order valence-electron chi connectivity index (χ1n) is 9.99. The molecular weight excluding hydrogens is 340 g/mol. The third-order valence-electron chi connectivity index (χ3n) is 5.58. The monoisotopic (exact) mass is 368 g/mol. The standard InChI is InChI=1S/C21H28N4O2/c1-2-25-19-9-8-17(22-15-16-6-4-3-5-7-16)14-18(19)20(23-25)21(26)24-10-12-27-13-11-24/h3-7,17,22H,2,8-15H2,1H3. The number of carbonyl (C=O) groups excluding carboxylic acids is 1. The fourth-order valence-corrected chi connectivity index (χ4v) is 4.07. The molecule has 0 spiro atoms. The molecule has 1 aromatic carbocycles. The van der Waals surface area contributed by atoms with Crippen LogP contribution >= 0.6 is 0 Å². The third kappa shape index (κ3) is 3.92. The Morgan fingerprint density at radius 1 is 1.26 bits per heavy atom. The van der Waals surface area contributed by atoms with Gasteiger partial charge in [-0.3, -0.25) is 9.48 Å². The lowest BCUT2D eigenvalue weighted by atomic mass is 9.91. The van der Waals surface area contributed by atoms with Gasteiger partial charge in [-0.05, 0) is 31.7 Å². The van der Waals surface area contributed by atoms with E-state index in [9.17, 15) is 4.79 Å². The molecule has 1 aliphatic heterocycles. The molecule has 2 aromatic rings. The summed E-state index contributed by atoms with van der Waals surface area (Å²) in [6.45, 7) is 6.30. The fourth-order valence-electron chi connectivity index (χ4n) is 4.07. The van der Waals surface area contributed by atoms with Crippen LogP contribution in [0.25, 0.3) is 0 Å². The highest BCUT2D eigenvalue weighted by Crippen LogP contribution is 2.26. The van der Waals surface area contributed by atoms with E-state index in [-0.39, 0.29) is 5.91 Å². The number of ether oxygens (including phenoxy) is 1. The maximum absolute atomic E-state index is 13.1. The molecule has 1 N–H and O–H groups in total.